The fraction of sp³-hybridized carbons (Fsp3) is 0.438. The van der Waals surface area contributed by atoms with E-state index in [2.05, 4.69) is 14.9 Å². The number of benzene rings is 1. The quantitative estimate of drug-likeness (QED) is 0.845. The molecule has 0 aliphatic carbocycles. The highest BCUT2D eigenvalue weighted by Crippen LogP contribution is 2.27. The summed E-state index contributed by atoms with van der Waals surface area (Å²) in [6, 6.07) is 3.40. The van der Waals surface area contributed by atoms with E-state index in [1.807, 2.05) is 0 Å². The molecule has 0 saturated carbocycles. The number of morpholine rings is 1. The van der Waals surface area contributed by atoms with Crippen molar-refractivity contribution >= 4 is 46.0 Å². The highest BCUT2D eigenvalue weighted by atomic mass is 35.5. The monoisotopic (exact) mass is 384 g/mol. The lowest BCUT2D eigenvalue weighted by molar-refractivity contribution is -0.138. The first-order chi connectivity index (χ1) is 11.9. The maximum absolute atomic E-state index is 10.8. The van der Waals surface area contributed by atoms with Gasteiger partial charge in [-0.15, -0.1) is 0 Å². The lowest BCUT2D eigenvalue weighted by Gasteiger charge is -2.35. The van der Waals surface area contributed by atoms with Gasteiger partial charge in [0.25, 0.3) is 0 Å². The molecule has 1 atom stereocenters. The molecule has 1 fully saturated rings. The minimum Gasteiger partial charge on any atom is -0.480 e. The average molecular weight is 385 g/mol. The van der Waals surface area contributed by atoms with Crippen LogP contribution >= 0.6 is 23.2 Å². The number of hydrogen-bond donors (Lipinski definition) is 1. The van der Waals surface area contributed by atoms with Crippen LogP contribution < -0.4 is 4.90 Å². The molecule has 0 amide bonds. The van der Waals surface area contributed by atoms with Gasteiger partial charge in [-0.1, -0.05) is 23.2 Å². The second kappa shape index (κ2) is 7.70. The second-order valence-electron chi connectivity index (χ2n) is 6.01. The molecule has 2 heterocycles. The second-order valence-corrected chi connectivity index (χ2v) is 6.83. The Morgan fingerprint density at radius 3 is 2.84 bits per heavy atom. The number of ether oxygens (including phenoxy) is 1. The van der Waals surface area contributed by atoms with E-state index < -0.39 is 5.97 Å². The number of rotatable bonds is 5. The Balaban J connectivity index is 1.73. The van der Waals surface area contributed by atoms with Gasteiger partial charge >= 0.3 is 5.97 Å². The fourth-order valence-electron chi connectivity index (χ4n) is 2.83. The van der Waals surface area contributed by atoms with Crippen molar-refractivity contribution in [1.29, 1.82) is 0 Å². The van der Waals surface area contributed by atoms with E-state index >= 15 is 0 Å². The van der Waals surface area contributed by atoms with E-state index in [9.17, 15) is 4.79 Å². The molecular weight excluding hydrogens is 367 g/mol. The number of hydrogen-bond acceptors (Lipinski definition) is 6. The molecule has 0 radical (unpaired) electrons. The van der Waals surface area contributed by atoms with E-state index in [1.54, 1.807) is 30.3 Å². The minimum atomic E-state index is -0.855. The molecule has 25 heavy (non-hydrogen) atoms. The Kier molecular flexibility index (Phi) is 5.58. The first kappa shape index (κ1) is 18.1. The number of likely N-dealkylation sites (N-methyl/N-ethyl adjacent to an activating group) is 1. The van der Waals surface area contributed by atoms with Crippen LogP contribution in [0.25, 0.3) is 11.0 Å². The Labute approximate surface area is 155 Å². The summed E-state index contributed by atoms with van der Waals surface area (Å²) in [5, 5.41) is 9.74. The third kappa shape index (κ3) is 4.49. The molecule has 1 N–H and O–H groups in total. The Hall–Kier alpha value is -1.67. The van der Waals surface area contributed by atoms with Crippen LogP contribution in [-0.2, 0) is 9.53 Å². The molecular formula is C16H18Cl2N4O3. The van der Waals surface area contributed by atoms with Crippen LogP contribution in [0, 0.1) is 0 Å². The number of carbonyl (C=O) groups is 1. The zero-order valence-electron chi connectivity index (χ0n) is 13.7. The number of halogens is 2. The molecule has 0 bridgehead atoms. The van der Waals surface area contributed by atoms with Gasteiger partial charge in [-0.05, 0) is 19.2 Å². The summed E-state index contributed by atoms with van der Waals surface area (Å²) in [5.74, 6) is -0.119. The minimum absolute atomic E-state index is 0.0189. The molecule has 1 saturated heterocycles. The number of carboxylic acid groups (broad SMARTS) is 1. The van der Waals surface area contributed by atoms with Gasteiger partial charge in [0.05, 0.1) is 46.5 Å². The van der Waals surface area contributed by atoms with Crippen molar-refractivity contribution in [3.8, 4) is 0 Å². The molecule has 7 nitrogen and oxygen atoms in total. The zero-order valence-corrected chi connectivity index (χ0v) is 15.2. The number of nitrogens with zero attached hydrogens (tertiary/aromatic N) is 4. The molecule has 134 valence electrons. The summed E-state index contributed by atoms with van der Waals surface area (Å²) in [6.45, 7) is 2.37. The van der Waals surface area contributed by atoms with Crippen LogP contribution in [0.2, 0.25) is 10.0 Å². The molecule has 9 heteroatoms. The Bertz CT molecular complexity index is 789. The summed E-state index contributed by atoms with van der Waals surface area (Å²) in [4.78, 5) is 23.6. The highest BCUT2D eigenvalue weighted by molar-refractivity contribution is 6.42. The maximum atomic E-state index is 10.8. The van der Waals surface area contributed by atoms with Gasteiger partial charge in [0.2, 0.25) is 0 Å². The van der Waals surface area contributed by atoms with E-state index in [0.717, 1.165) is 5.82 Å². The molecule has 0 spiro atoms. The van der Waals surface area contributed by atoms with Crippen molar-refractivity contribution < 1.29 is 14.6 Å². The molecule has 1 unspecified atom stereocenters. The van der Waals surface area contributed by atoms with E-state index in [1.165, 1.54) is 0 Å². The molecule has 1 aromatic carbocycles. The van der Waals surface area contributed by atoms with E-state index in [4.69, 9.17) is 33.0 Å². The van der Waals surface area contributed by atoms with Crippen molar-refractivity contribution in [1.82, 2.24) is 14.9 Å². The predicted octanol–water partition coefficient (Wildman–Crippen LogP) is 2.16. The first-order valence-electron chi connectivity index (χ1n) is 7.81. The standard InChI is InChI=1S/C16H18Cl2N4O3/c1-21(9-16(23)24)7-10-8-22(2-3-25-10)15-6-19-13-4-11(17)12(18)5-14(13)20-15/h4-6,10H,2-3,7-9H2,1H3,(H,23,24). The number of aromatic nitrogens is 2. The summed E-state index contributed by atoms with van der Waals surface area (Å²) in [6.07, 6.45) is 1.61. The zero-order chi connectivity index (χ0) is 18.0. The number of aliphatic carboxylic acids is 1. The number of anilines is 1. The van der Waals surface area contributed by atoms with Crippen molar-refractivity contribution in [2.75, 3.05) is 44.7 Å². The Morgan fingerprint density at radius 1 is 1.40 bits per heavy atom. The lowest BCUT2D eigenvalue weighted by Crippen LogP contribution is -2.48. The van der Waals surface area contributed by atoms with Gasteiger partial charge in [0, 0.05) is 19.6 Å². The third-order valence-corrected chi connectivity index (χ3v) is 4.68. The fourth-order valence-corrected chi connectivity index (χ4v) is 3.15. The van der Waals surface area contributed by atoms with Crippen molar-refractivity contribution in [2.24, 2.45) is 0 Å². The lowest BCUT2D eigenvalue weighted by atomic mass is 10.2. The summed E-state index contributed by atoms with van der Waals surface area (Å²) < 4.78 is 5.74. The van der Waals surface area contributed by atoms with Gasteiger partial charge in [0.1, 0.15) is 5.82 Å². The van der Waals surface area contributed by atoms with E-state index in [-0.39, 0.29) is 12.6 Å². The van der Waals surface area contributed by atoms with Crippen LogP contribution in [0.15, 0.2) is 18.3 Å². The first-order valence-corrected chi connectivity index (χ1v) is 8.56. The van der Waals surface area contributed by atoms with Crippen molar-refractivity contribution in [2.45, 2.75) is 6.10 Å². The number of fused-ring (bicyclic) bond motifs is 1. The van der Waals surface area contributed by atoms with Gasteiger partial charge in [-0.2, -0.15) is 0 Å². The average Bonchev–Trinajstić information content (AvgIpc) is 2.55. The van der Waals surface area contributed by atoms with Crippen LogP contribution in [0.5, 0.6) is 0 Å². The highest BCUT2D eigenvalue weighted by Gasteiger charge is 2.23. The van der Waals surface area contributed by atoms with Gasteiger partial charge < -0.3 is 14.7 Å². The van der Waals surface area contributed by atoms with Crippen LogP contribution in [0.4, 0.5) is 5.82 Å². The topological polar surface area (TPSA) is 78.8 Å². The normalized spacial score (nSPS) is 18.1. The van der Waals surface area contributed by atoms with Gasteiger partial charge in [-0.25, -0.2) is 4.98 Å². The van der Waals surface area contributed by atoms with Gasteiger partial charge in [-0.3, -0.25) is 14.7 Å². The largest absolute Gasteiger partial charge is 0.480 e. The molecule has 1 aliphatic heterocycles. The molecule has 1 aliphatic rings. The third-order valence-electron chi connectivity index (χ3n) is 3.95. The summed E-state index contributed by atoms with van der Waals surface area (Å²) >= 11 is 12.1. The van der Waals surface area contributed by atoms with Gasteiger partial charge in [0.15, 0.2) is 0 Å². The van der Waals surface area contributed by atoms with Crippen LogP contribution in [0.3, 0.4) is 0 Å². The molecule has 2 aromatic rings. The maximum Gasteiger partial charge on any atom is 0.317 e. The van der Waals surface area contributed by atoms with Crippen molar-refractivity contribution in [3.05, 3.63) is 28.4 Å². The van der Waals surface area contributed by atoms with Crippen LogP contribution in [0.1, 0.15) is 0 Å². The SMILES string of the molecule is CN(CC(=O)O)CC1CN(c2cnc3cc(Cl)c(Cl)cc3n2)CCO1. The summed E-state index contributed by atoms with van der Waals surface area (Å²) in [5.41, 5.74) is 1.36. The number of carboxylic acids is 1. The molecule has 3 rings (SSSR count). The van der Waals surface area contributed by atoms with E-state index in [0.29, 0.717) is 47.3 Å². The Morgan fingerprint density at radius 2 is 2.12 bits per heavy atom. The molecule has 1 aromatic heterocycles. The predicted molar refractivity (Wildman–Crippen MR) is 96.6 cm³/mol. The smallest absolute Gasteiger partial charge is 0.317 e. The van der Waals surface area contributed by atoms with Crippen LogP contribution in [-0.4, -0.2) is 71.9 Å². The summed E-state index contributed by atoms with van der Waals surface area (Å²) in [7, 11) is 1.76. The van der Waals surface area contributed by atoms with Crippen molar-refractivity contribution in [3.63, 3.8) is 0 Å².